The molecule has 0 aromatic rings. The Morgan fingerprint density at radius 2 is 1.57 bits per heavy atom. The highest BCUT2D eigenvalue weighted by atomic mass is 28.3. The Labute approximate surface area is 143 Å². The fourth-order valence-corrected chi connectivity index (χ4v) is 10.2. The summed E-state index contributed by atoms with van der Waals surface area (Å²) in [6.07, 6.45) is 11.3. The van der Waals surface area contributed by atoms with Gasteiger partial charge in [0, 0.05) is 11.3 Å². The highest BCUT2D eigenvalue weighted by Gasteiger charge is 2.43. The predicted molar refractivity (Wildman–Crippen MR) is 102 cm³/mol. The molecule has 0 aromatic carbocycles. The van der Waals surface area contributed by atoms with Crippen molar-refractivity contribution >= 4 is 13.9 Å². The van der Waals surface area contributed by atoms with Gasteiger partial charge in [-0.1, -0.05) is 60.1 Å². The van der Waals surface area contributed by atoms with Crippen LogP contribution < -0.4 is 0 Å². The summed E-state index contributed by atoms with van der Waals surface area (Å²) in [6, 6.07) is 0. The smallest absolute Gasteiger partial charge is 0.178 e. The minimum Gasteiger partial charge on any atom is -0.290 e. The molecule has 0 bridgehead atoms. The molecular weight excluding hydrogens is 296 g/mol. The van der Waals surface area contributed by atoms with Crippen LogP contribution in [0, 0.1) is 22.8 Å². The molecule has 1 atom stereocenters. The molecule has 0 unspecified atom stereocenters. The lowest BCUT2D eigenvalue weighted by atomic mass is 9.75. The molecule has 0 saturated heterocycles. The Hall–Kier alpha value is -1.07. The van der Waals surface area contributed by atoms with Crippen molar-refractivity contribution in [3.05, 3.63) is 24.3 Å². The molecule has 1 fully saturated rings. The molecule has 126 valence electrons. The zero-order valence-electron chi connectivity index (χ0n) is 15.6. The molecule has 0 aromatic heterocycles. The molecule has 2 heteroatoms. The lowest BCUT2D eigenvalue weighted by Gasteiger charge is -2.38. The summed E-state index contributed by atoms with van der Waals surface area (Å²) in [5.41, 5.74) is 5.93. The first-order valence-electron chi connectivity index (χ1n) is 9.19. The third kappa shape index (κ3) is 3.26. The van der Waals surface area contributed by atoms with Crippen LogP contribution in [0.2, 0.25) is 16.6 Å². The lowest BCUT2D eigenvalue weighted by Crippen LogP contribution is -2.43. The van der Waals surface area contributed by atoms with E-state index in [-0.39, 0.29) is 11.2 Å². The summed E-state index contributed by atoms with van der Waals surface area (Å²) in [5, 5.41) is 0. The van der Waals surface area contributed by atoms with Gasteiger partial charge in [0.1, 0.15) is 8.07 Å². The highest BCUT2D eigenvalue weighted by molar-refractivity contribution is 6.90. The number of rotatable bonds is 3. The average Bonchev–Trinajstić information content (AvgIpc) is 2.85. The predicted octanol–water partition coefficient (Wildman–Crippen LogP) is 5.69. The fourth-order valence-electron chi connectivity index (χ4n) is 4.89. The molecule has 1 spiro atoms. The van der Waals surface area contributed by atoms with Crippen molar-refractivity contribution < 1.29 is 4.79 Å². The monoisotopic (exact) mass is 328 g/mol. The molecule has 0 radical (unpaired) electrons. The standard InChI is InChI=1S/C21H32OSi/c1-16(2)23(17(3)4,18(5)6)15-11-19-8-7-12-21(19)13-9-20(22)10-14-21/h9-10,13-14,16-19H,7-8,12H2,1-6H3/t19-/m0/s1. The van der Waals surface area contributed by atoms with Gasteiger partial charge >= 0.3 is 0 Å². The van der Waals surface area contributed by atoms with E-state index in [9.17, 15) is 4.79 Å². The number of ketones is 1. The first-order valence-corrected chi connectivity index (χ1v) is 11.4. The molecule has 0 heterocycles. The first-order chi connectivity index (χ1) is 10.7. The topological polar surface area (TPSA) is 17.1 Å². The van der Waals surface area contributed by atoms with E-state index >= 15 is 0 Å². The third-order valence-electron chi connectivity index (χ3n) is 6.20. The molecule has 0 amide bonds. The van der Waals surface area contributed by atoms with Gasteiger partial charge in [0.2, 0.25) is 0 Å². The molecular formula is C21H32OSi. The molecule has 0 aliphatic heterocycles. The van der Waals surface area contributed by atoms with Crippen molar-refractivity contribution in [3.8, 4) is 11.5 Å². The molecule has 1 saturated carbocycles. The molecule has 1 nitrogen and oxygen atoms in total. The van der Waals surface area contributed by atoms with Gasteiger partial charge in [0.15, 0.2) is 5.78 Å². The second kappa shape index (κ2) is 6.81. The maximum Gasteiger partial charge on any atom is 0.178 e. The summed E-state index contributed by atoms with van der Waals surface area (Å²) >= 11 is 0. The summed E-state index contributed by atoms with van der Waals surface area (Å²) < 4.78 is 0. The maximum absolute atomic E-state index is 11.5. The normalized spacial score (nSPS) is 23.2. The quantitative estimate of drug-likeness (QED) is 0.480. The minimum absolute atomic E-state index is 0.0198. The zero-order chi connectivity index (χ0) is 17.3. The van der Waals surface area contributed by atoms with Crippen LogP contribution in [0.3, 0.4) is 0 Å². The van der Waals surface area contributed by atoms with Crippen LogP contribution in [0.4, 0.5) is 0 Å². The Balaban J connectivity index is 2.37. The van der Waals surface area contributed by atoms with Crippen LogP contribution in [0.25, 0.3) is 0 Å². The van der Waals surface area contributed by atoms with E-state index in [0.29, 0.717) is 22.5 Å². The Morgan fingerprint density at radius 1 is 1.04 bits per heavy atom. The summed E-state index contributed by atoms with van der Waals surface area (Å²) in [7, 11) is -1.67. The second-order valence-electron chi connectivity index (χ2n) is 8.29. The van der Waals surface area contributed by atoms with Crippen LogP contribution in [0.1, 0.15) is 60.8 Å². The van der Waals surface area contributed by atoms with Gasteiger partial charge in [-0.2, -0.15) is 0 Å². The van der Waals surface area contributed by atoms with Crippen LogP contribution in [0.15, 0.2) is 24.3 Å². The van der Waals surface area contributed by atoms with E-state index < -0.39 is 8.07 Å². The average molecular weight is 329 g/mol. The van der Waals surface area contributed by atoms with Gasteiger partial charge in [-0.25, -0.2) is 0 Å². The van der Waals surface area contributed by atoms with E-state index in [1.54, 1.807) is 12.2 Å². The Morgan fingerprint density at radius 3 is 2.04 bits per heavy atom. The molecule has 0 N–H and O–H groups in total. The van der Waals surface area contributed by atoms with Gasteiger partial charge in [0.25, 0.3) is 0 Å². The first kappa shape index (κ1) is 18.3. The van der Waals surface area contributed by atoms with Crippen molar-refractivity contribution in [2.24, 2.45) is 11.3 Å². The largest absolute Gasteiger partial charge is 0.290 e. The van der Waals surface area contributed by atoms with Gasteiger partial charge in [-0.3, -0.25) is 4.79 Å². The maximum atomic E-state index is 11.5. The number of allylic oxidation sites excluding steroid dienone is 4. The molecule has 2 rings (SSSR count). The summed E-state index contributed by atoms with van der Waals surface area (Å²) in [4.78, 5) is 11.5. The SMILES string of the molecule is CC(C)[Si](C#C[C@@H]1CCCC12C=CC(=O)C=C2)(C(C)C)C(C)C. The van der Waals surface area contributed by atoms with Crippen LogP contribution >= 0.6 is 0 Å². The molecule has 23 heavy (non-hydrogen) atoms. The van der Waals surface area contributed by atoms with Gasteiger partial charge in [-0.15, -0.1) is 11.5 Å². The minimum atomic E-state index is -1.67. The van der Waals surface area contributed by atoms with Crippen molar-refractivity contribution in [1.29, 1.82) is 0 Å². The van der Waals surface area contributed by atoms with Crippen molar-refractivity contribution in [2.45, 2.75) is 77.4 Å². The number of carbonyl (C=O) groups excluding carboxylic acids is 1. The van der Waals surface area contributed by atoms with E-state index in [2.05, 4.69) is 65.2 Å². The number of carbonyl (C=O) groups is 1. The number of hydrogen-bond acceptors (Lipinski definition) is 1. The van der Waals surface area contributed by atoms with E-state index in [1.165, 1.54) is 6.42 Å². The third-order valence-corrected chi connectivity index (χ3v) is 12.5. The van der Waals surface area contributed by atoms with Crippen LogP contribution in [-0.4, -0.2) is 13.9 Å². The van der Waals surface area contributed by atoms with Crippen molar-refractivity contribution in [3.63, 3.8) is 0 Å². The van der Waals surface area contributed by atoms with Crippen LogP contribution in [-0.2, 0) is 4.79 Å². The van der Waals surface area contributed by atoms with Crippen molar-refractivity contribution in [2.75, 3.05) is 0 Å². The highest BCUT2D eigenvalue weighted by Crippen LogP contribution is 2.47. The Kier molecular flexibility index (Phi) is 5.41. The number of hydrogen-bond donors (Lipinski definition) is 0. The lowest BCUT2D eigenvalue weighted by molar-refractivity contribution is -0.110. The summed E-state index contributed by atoms with van der Waals surface area (Å²) in [5.74, 6) is 4.24. The molecule has 2 aliphatic rings. The van der Waals surface area contributed by atoms with Crippen molar-refractivity contribution in [1.82, 2.24) is 0 Å². The van der Waals surface area contributed by atoms with Gasteiger partial charge in [0.05, 0.1) is 0 Å². The summed E-state index contributed by atoms with van der Waals surface area (Å²) in [6.45, 7) is 14.2. The van der Waals surface area contributed by atoms with Gasteiger partial charge < -0.3 is 0 Å². The molecule has 2 aliphatic carbocycles. The fraction of sp³-hybridized carbons (Fsp3) is 0.667. The van der Waals surface area contributed by atoms with E-state index in [1.807, 2.05) is 0 Å². The van der Waals surface area contributed by atoms with Crippen LogP contribution in [0.5, 0.6) is 0 Å². The van der Waals surface area contributed by atoms with Gasteiger partial charge in [-0.05, 0) is 41.6 Å². The zero-order valence-corrected chi connectivity index (χ0v) is 16.6. The second-order valence-corrected chi connectivity index (χ2v) is 13.9. The Bertz CT molecular complexity index is 531. The van der Waals surface area contributed by atoms with E-state index in [4.69, 9.17) is 0 Å². The van der Waals surface area contributed by atoms with E-state index in [0.717, 1.165) is 12.8 Å².